The molecule has 0 fully saturated rings. The molecule has 5 rings (SSSR count). The van der Waals surface area contributed by atoms with Gasteiger partial charge >= 0.3 is 0 Å². The molecule has 2 heterocycles. The van der Waals surface area contributed by atoms with Gasteiger partial charge in [-0.05, 0) is 61.4 Å². The molecule has 6 nitrogen and oxygen atoms in total. The van der Waals surface area contributed by atoms with Gasteiger partial charge in [-0.25, -0.2) is 9.97 Å². The van der Waals surface area contributed by atoms with Crippen LogP contribution in [0, 0.1) is 13.8 Å². The maximum Gasteiger partial charge on any atom is 0.254 e. The average Bonchev–Trinajstić information content (AvgIpc) is 3.14. The molecule has 4 aromatic rings. The summed E-state index contributed by atoms with van der Waals surface area (Å²) in [6, 6.07) is 17.4. The van der Waals surface area contributed by atoms with Crippen molar-refractivity contribution in [1.82, 2.24) is 15.3 Å². The van der Waals surface area contributed by atoms with Crippen molar-refractivity contribution >= 4 is 28.3 Å². The van der Waals surface area contributed by atoms with Gasteiger partial charge in [0.2, 0.25) is 0 Å². The van der Waals surface area contributed by atoms with Crippen LogP contribution >= 0.6 is 0 Å². The summed E-state index contributed by atoms with van der Waals surface area (Å²) in [5, 5.41) is 7.16. The van der Waals surface area contributed by atoms with Crippen LogP contribution in [0.25, 0.3) is 10.9 Å². The molecule has 0 bridgehead atoms. The molecule has 0 aliphatic carbocycles. The van der Waals surface area contributed by atoms with E-state index in [2.05, 4.69) is 40.5 Å². The molecule has 6 heteroatoms. The molecule has 30 heavy (non-hydrogen) atoms. The van der Waals surface area contributed by atoms with E-state index in [1.165, 1.54) is 11.9 Å². The lowest BCUT2D eigenvalue weighted by atomic mass is 10.0. The van der Waals surface area contributed by atoms with Crippen LogP contribution in [0.5, 0.6) is 11.5 Å². The topological polar surface area (TPSA) is 76.1 Å². The third kappa shape index (κ3) is 3.12. The van der Waals surface area contributed by atoms with Crippen LogP contribution in [0.3, 0.4) is 0 Å². The van der Waals surface area contributed by atoms with Crippen LogP contribution in [-0.2, 0) is 6.54 Å². The molecule has 0 unspecified atom stereocenters. The normalized spacial score (nSPS) is 12.5. The summed E-state index contributed by atoms with van der Waals surface area (Å²) in [7, 11) is 0. The van der Waals surface area contributed by atoms with E-state index in [0.717, 1.165) is 27.8 Å². The highest BCUT2D eigenvalue weighted by atomic mass is 16.5. The SMILES string of the molecule is Cc1cc2ncnc(Nc3ccc(Oc4ccccc4)c4c3C(=O)NC4)c2cc1C. The molecule has 0 radical (unpaired) electrons. The molecule has 0 saturated carbocycles. The van der Waals surface area contributed by atoms with Gasteiger partial charge in [-0.2, -0.15) is 0 Å². The number of amides is 1. The summed E-state index contributed by atoms with van der Waals surface area (Å²) in [6.45, 7) is 4.55. The van der Waals surface area contributed by atoms with Crippen molar-refractivity contribution in [2.75, 3.05) is 5.32 Å². The molecule has 1 amide bonds. The largest absolute Gasteiger partial charge is 0.457 e. The number of aromatic nitrogens is 2. The first-order valence-electron chi connectivity index (χ1n) is 9.76. The highest BCUT2D eigenvalue weighted by Gasteiger charge is 2.27. The van der Waals surface area contributed by atoms with Crippen molar-refractivity contribution in [3.05, 3.63) is 83.2 Å². The van der Waals surface area contributed by atoms with E-state index >= 15 is 0 Å². The number of para-hydroxylation sites is 1. The number of carbonyl (C=O) groups excluding carboxylic acids is 1. The smallest absolute Gasteiger partial charge is 0.254 e. The number of hydrogen-bond acceptors (Lipinski definition) is 5. The second kappa shape index (κ2) is 7.15. The van der Waals surface area contributed by atoms with Crippen molar-refractivity contribution < 1.29 is 9.53 Å². The summed E-state index contributed by atoms with van der Waals surface area (Å²) < 4.78 is 6.03. The fraction of sp³-hybridized carbons (Fsp3) is 0.125. The lowest BCUT2D eigenvalue weighted by molar-refractivity contribution is 0.0966. The van der Waals surface area contributed by atoms with Gasteiger partial charge < -0.3 is 15.4 Å². The number of rotatable bonds is 4. The van der Waals surface area contributed by atoms with Crippen molar-refractivity contribution in [1.29, 1.82) is 0 Å². The van der Waals surface area contributed by atoms with Crippen LogP contribution in [-0.4, -0.2) is 15.9 Å². The Morgan fingerprint density at radius 3 is 2.63 bits per heavy atom. The summed E-state index contributed by atoms with van der Waals surface area (Å²) in [5.74, 6) is 1.93. The van der Waals surface area contributed by atoms with E-state index in [4.69, 9.17) is 4.74 Å². The quantitative estimate of drug-likeness (QED) is 0.506. The standard InChI is InChI=1S/C24H20N4O2/c1-14-10-17-20(11-15(14)2)26-13-27-23(17)28-19-8-9-21(18-12-25-24(29)22(18)19)30-16-6-4-3-5-7-16/h3-11,13H,12H2,1-2H3,(H,25,29)(H,26,27,28). The number of carbonyl (C=O) groups is 1. The first-order valence-corrected chi connectivity index (χ1v) is 9.76. The van der Waals surface area contributed by atoms with Gasteiger partial charge in [-0.3, -0.25) is 4.79 Å². The lowest BCUT2D eigenvalue weighted by Crippen LogP contribution is -2.13. The summed E-state index contributed by atoms with van der Waals surface area (Å²) in [4.78, 5) is 21.4. The minimum atomic E-state index is -0.128. The Morgan fingerprint density at radius 2 is 1.80 bits per heavy atom. The van der Waals surface area contributed by atoms with E-state index in [9.17, 15) is 4.79 Å². The van der Waals surface area contributed by atoms with Crippen LogP contribution in [0.15, 0.2) is 60.9 Å². The molecule has 1 aromatic heterocycles. The Labute approximate surface area is 173 Å². The maximum atomic E-state index is 12.6. The van der Waals surface area contributed by atoms with E-state index in [1.807, 2.05) is 48.5 Å². The van der Waals surface area contributed by atoms with E-state index in [0.29, 0.717) is 29.4 Å². The fourth-order valence-electron chi connectivity index (χ4n) is 3.68. The molecule has 0 saturated heterocycles. The Bertz CT molecular complexity index is 1290. The number of anilines is 2. The van der Waals surface area contributed by atoms with Gasteiger partial charge in [0.15, 0.2) is 0 Å². The zero-order chi connectivity index (χ0) is 20.7. The number of ether oxygens (including phenoxy) is 1. The van der Waals surface area contributed by atoms with Gasteiger partial charge in [0.25, 0.3) is 5.91 Å². The highest BCUT2D eigenvalue weighted by molar-refractivity contribution is 6.05. The van der Waals surface area contributed by atoms with Gasteiger partial charge in [0.05, 0.1) is 16.8 Å². The Hall–Kier alpha value is -3.93. The predicted octanol–water partition coefficient (Wildman–Crippen LogP) is 5.03. The Morgan fingerprint density at radius 1 is 1.00 bits per heavy atom. The number of nitrogens with zero attached hydrogens (tertiary/aromatic N) is 2. The third-order valence-corrected chi connectivity index (χ3v) is 5.40. The Kier molecular flexibility index (Phi) is 4.32. The second-order valence-electron chi connectivity index (χ2n) is 7.36. The number of aryl methyl sites for hydroxylation is 2. The predicted molar refractivity (Wildman–Crippen MR) is 116 cm³/mol. The molecule has 0 spiro atoms. The number of nitrogens with one attached hydrogen (secondary N) is 2. The molecule has 0 atom stereocenters. The van der Waals surface area contributed by atoms with Gasteiger partial charge in [0.1, 0.15) is 23.6 Å². The summed E-state index contributed by atoms with van der Waals surface area (Å²) >= 11 is 0. The monoisotopic (exact) mass is 396 g/mol. The minimum absolute atomic E-state index is 0.128. The number of hydrogen-bond donors (Lipinski definition) is 2. The first-order chi connectivity index (χ1) is 14.6. The van der Waals surface area contributed by atoms with Crippen LogP contribution in [0.2, 0.25) is 0 Å². The van der Waals surface area contributed by atoms with Crippen molar-refractivity contribution in [2.24, 2.45) is 0 Å². The minimum Gasteiger partial charge on any atom is -0.457 e. The van der Waals surface area contributed by atoms with Gasteiger partial charge in [-0.1, -0.05) is 18.2 Å². The highest BCUT2D eigenvalue weighted by Crippen LogP contribution is 2.36. The second-order valence-corrected chi connectivity index (χ2v) is 7.36. The van der Waals surface area contributed by atoms with Crippen LogP contribution < -0.4 is 15.4 Å². The molecule has 2 N–H and O–H groups in total. The van der Waals surface area contributed by atoms with E-state index < -0.39 is 0 Å². The Balaban J connectivity index is 1.56. The van der Waals surface area contributed by atoms with Crippen LogP contribution in [0.1, 0.15) is 27.0 Å². The third-order valence-electron chi connectivity index (χ3n) is 5.40. The van der Waals surface area contributed by atoms with E-state index in [-0.39, 0.29) is 5.91 Å². The number of benzene rings is 3. The molecule has 148 valence electrons. The van der Waals surface area contributed by atoms with Crippen molar-refractivity contribution in [3.8, 4) is 11.5 Å². The van der Waals surface area contributed by atoms with Gasteiger partial charge in [0, 0.05) is 17.5 Å². The zero-order valence-electron chi connectivity index (χ0n) is 16.7. The fourth-order valence-corrected chi connectivity index (χ4v) is 3.68. The zero-order valence-corrected chi connectivity index (χ0v) is 16.7. The van der Waals surface area contributed by atoms with Crippen LogP contribution in [0.4, 0.5) is 11.5 Å². The summed E-state index contributed by atoms with van der Waals surface area (Å²) in [6.07, 6.45) is 1.53. The van der Waals surface area contributed by atoms with Crippen molar-refractivity contribution in [3.63, 3.8) is 0 Å². The summed E-state index contributed by atoms with van der Waals surface area (Å²) in [5.41, 5.74) is 5.31. The van der Waals surface area contributed by atoms with Crippen molar-refractivity contribution in [2.45, 2.75) is 20.4 Å². The lowest BCUT2D eigenvalue weighted by Gasteiger charge is -2.15. The first kappa shape index (κ1) is 18.1. The molecular weight excluding hydrogens is 376 g/mol. The number of fused-ring (bicyclic) bond motifs is 2. The molecule has 1 aliphatic rings. The van der Waals surface area contributed by atoms with Gasteiger partial charge in [-0.15, -0.1) is 0 Å². The molecular formula is C24H20N4O2. The average molecular weight is 396 g/mol. The molecule has 1 aliphatic heterocycles. The maximum absolute atomic E-state index is 12.6. The van der Waals surface area contributed by atoms with E-state index in [1.54, 1.807) is 0 Å². The molecule has 3 aromatic carbocycles.